The fourth-order valence-electron chi connectivity index (χ4n) is 5.19. The Hall–Kier alpha value is -2.86. The van der Waals surface area contributed by atoms with Gasteiger partial charge in [-0.05, 0) is 94.9 Å². The molecule has 3 aliphatic rings. The molecule has 2 aliphatic heterocycles. The van der Waals surface area contributed by atoms with Gasteiger partial charge in [-0.3, -0.25) is 10.2 Å². The molecule has 1 atom stereocenters. The van der Waals surface area contributed by atoms with Gasteiger partial charge in [0.15, 0.2) is 17.3 Å². The molecule has 2 aromatic rings. The number of amides is 1. The van der Waals surface area contributed by atoms with Crippen LogP contribution in [0.15, 0.2) is 52.1 Å². The van der Waals surface area contributed by atoms with Gasteiger partial charge in [-0.2, -0.15) is 15.1 Å². The molecule has 41 heavy (non-hydrogen) atoms. The molecule has 1 N–H and O–H groups in total. The number of amidine groups is 2. The third kappa shape index (κ3) is 6.63. The number of benzene rings is 2. The van der Waals surface area contributed by atoms with Crippen molar-refractivity contribution in [3.8, 4) is 17.2 Å². The zero-order chi connectivity index (χ0) is 28.9. The summed E-state index contributed by atoms with van der Waals surface area (Å²) in [6, 6.07) is 11.8. The van der Waals surface area contributed by atoms with E-state index in [1.165, 1.54) is 41.6 Å². The minimum Gasteiger partial charge on any atom is -0.493 e. The summed E-state index contributed by atoms with van der Waals surface area (Å²) in [7, 11) is 1.58. The van der Waals surface area contributed by atoms with Crippen LogP contribution in [-0.4, -0.2) is 47.3 Å². The monoisotopic (exact) mass is 686 g/mol. The van der Waals surface area contributed by atoms with E-state index in [9.17, 15) is 4.79 Å². The van der Waals surface area contributed by atoms with Crippen LogP contribution in [0.4, 0.5) is 0 Å². The van der Waals surface area contributed by atoms with E-state index in [4.69, 9.17) is 24.7 Å². The second-order valence-electron chi connectivity index (χ2n) is 10.4. The summed E-state index contributed by atoms with van der Waals surface area (Å²) in [6.45, 7) is 5.10. The maximum atomic E-state index is 13.0. The number of hydrazone groups is 1. The van der Waals surface area contributed by atoms with E-state index in [1.54, 1.807) is 19.3 Å². The highest BCUT2D eigenvalue weighted by atomic mass is 127. The van der Waals surface area contributed by atoms with E-state index < -0.39 is 5.91 Å². The highest BCUT2D eigenvalue weighted by molar-refractivity contribution is 14.1. The Kier molecular flexibility index (Phi) is 9.69. The summed E-state index contributed by atoms with van der Waals surface area (Å²) in [6.07, 6.45) is 8.55. The van der Waals surface area contributed by atoms with Gasteiger partial charge in [0.1, 0.15) is 24.0 Å². The van der Waals surface area contributed by atoms with Gasteiger partial charge in [-0.1, -0.05) is 51.3 Å². The lowest BCUT2D eigenvalue weighted by Gasteiger charge is -2.20. The van der Waals surface area contributed by atoms with Crippen LogP contribution in [-0.2, 0) is 4.79 Å². The first-order valence-corrected chi connectivity index (χ1v) is 16.0. The minimum absolute atomic E-state index is 0.0439. The van der Waals surface area contributed by atoms with E-state index in [0.717, 1.165) is 33.6 Å². The number of methoxy groups -OCH3 is 1. The molecule has 1 fully saturated rings. The van der Waals surface area contributed by atoms with Crippen LogP contribution in [0.3, 0.4) is 0 Å². The van der Waals surface area contributed by atoms with Crippen LogP contribution in [0, 0.1) is 14.9 Å². The fraction of sp³-hybridized carbons (Fsp3) is 0.419. The van der Waals surface area contributed by atoms with Crippen molar-refractivity contribution < 1.29 is 19.0 Å². The SMILES string of the molecule is CCC(C)c1ccccc1OCCOc1c(I)cc(/C=C2/C(=N)N3N=C(C4CCCCC4)SC3=NC2=O)cc1OC. The molecule has 216 valence electrons. The van der Waals surface area contributed by atoms with Gasteiger partial charge in [0.25, 0.3) is 5.91 Å². The second-order valence-corrected chi connectivity index (χ2v) is 12.5. The van der Waals surface area contributed by atoms with Crippen molar-refractivity contribution in [3.63, 3.8) is 0 Å². The molecule has 2 heterocycles. The molecular formula is C31H35IN4O4S. The largest absolute Gasteiger partial charge is 0.493 e. The molecule has 5 rings (SSSR count). The number of thioether (sulfide) groups is 1. The molecule has 0 aromatic heterocycles. The Balaban J connectivity index is 1.28. The van der Waals surface area contributed by atoms with Gasteiger partial charge >= 0.3 is 0 Å². The Morgan fingerprint density at radius 1 is 1.15 bits per heavy atom. The van der Waals surface area contributed by atoms with Crippen molar-refractivity contribution in [3.05, 3.63) is 56.7 Å². The average molecular weight is 687 g/mol. The number of ether oxygens (including phenoxy) is 3. The summed E-state index contributed by atoms with van der Waals surface area (Å²) in [5, 5.41) is 16.4. The number of rotatable bonds is 10. The number of nitrogens with zero attached hydrogens (tertiary/aromatic N) is 3. The number of hydrogen-bond acceptors (Lipinski definition) is 7. The maximum absolute atomic E-state index is 13.0. The predicted octanol–water partition coefficient (Wildman–Crippen LogP) is 7.47. The van der Waals surface area contributed by atoms with Gasteiger partial charge < -0.3 is 14.2 Å². The van der Waals surface area contributed by atoms with Crippen LogP contribution in [0.2, 0.25) is 0 Å². The molecule has 1 amide bonds. The lowest BCUT2D eigenvalue weighted by atomic mass is 9.90. The molecule has 1 aliphatic carbocycles. The quantitative estimate of drug-likeness (QED) is 0.158. The van der Waals surface area contributed by atoms with Crippen molar-refractivity contribution >= 4 is 62.4 Å². The summed E-state index contributed by atoms with van der Waals surface area (Å²) in [4.78, 5) is 17.2. The second kappa shape index (κ2) is 13.4. The molecular weight excluding hydrogens is 651 g/mol. The predicted molar refractivity (Wildman–Crippen MR) is 173 cm³/mol. The lowest BCUT2D eigenvalue weighted by Crippen LogP contribution is -2.35. The average Bonchev–Trinajstić information content (AvgIpc) is 3.42. The number of carbonyl (C=O) groups is 1. The first kappa shape index (κ1) is 29.6. The number of carbonyl (C=O) groups excluding carboxylic acids is 1. The summed E-state index contributed by atoms with van der Waals surface area (Å²) in [5.41, 5.74) is 2.11. The number of hydrogen-bond donors (Lipinski definition) is 1. The van der Waals surface area contributed by atoms with Crippen molar-refractivity contribution in [1.29, 1.82) is 5.41 Å². The van der Waals surface area contributed by atoms with E-state index in [0.29, 0.717) is 47.3 Å². The topological polar surface area (TPSA) is 96.6 Å². The number of aliphatic imine (C=N–C) groups is 1. The zero-order valence-corrected chi connectivity index (χ0v) is 26.6. The Bertz CT molecular complexity index is 1420. The van der Waals surface area contributed by atoms with Gasteiger partial charge in [-0.25, -0.2) is 0 Å². The van der Waals surface area contributed by atoms with E-state index in [1.807, 2.05) is 24.3 Å². The van der Waals surface area contributed by atoms with Crippen LogP contribution in [0.1, 0.15) is 69.4 Å². The van der Waals surface area contributed by atoms with E-state index in [2.05, 4.69) is 47.5 Å². The summed E-state index contributed by atoms with van der Waals surface area (Å²) in [5.74, 6) is 2.44. The van der Waals surface area contributed by atoms with E-state index >= 15 is 0 Å². The van der Waals surface area contributed by atoms with Crippen LogP contribution >= 0.6 is 34.4 Å². The van der Waals surface area contributed by atoms with Crippen LogP contribution in [0.25, 0.3) is 6.08 Å². The zero-order valence-electron chi connectivity index (χ0n) is 23.6. The maximum Gasteiger partial charge on any atom is 0.283 e. The normalized spacial score (nSPS) is 19.1. The van der Waals surface area contributed by atoms with Gasteiger partial charge in [0, 0.05) is 5.92 Å². The highest BCUT2D eigenvalue weighted by Crippen LogP contribution is 2.38. The third-order valence-corrected chi connectivity index (χ3v) is 9.51. The standard InChI is InChI=1S/C31H35IN4O4S/c1-4-19(2)22-12-8-9-13-25(22)39-14-15-40-27-24(32)17-20(18-26(27)38-3)16-23-28(33)36-31(34-29(23)37)41-30(35-36)21-10-6-5-7-11-21/h8-9,12-13,16-19,21,33H,4-7,10-11,14-15H2,1-3H3/b23-16-,33-28?. The van der Waals surface area contributed by atoms with Crippen LogP contribution in [0.5, 0.6) is 17.2 Å². The van der Waals surface area contributed by atoms with Crippen molar-refractivity contribution in [2.24, 2.45) is 16.0 Å². The fourth-order valence-corrected chi connectivity index (χ4v) is 7.03. The van der Waals surface area contributed by atoms with E-state index in [-0.39, 0.29) is 11.4 Å². The first-order chi connectivity index (χ1) is 19.9. The first-order valence-electron chi connectivity index (χ1n) is 14.1. The minimum atomic E-state index is -0.432. The van der Waals surface area contributed by atoms with Gasteiger partial charge in [0.2, 0.25) is 5.17 Å². The number of halogens is 1. The summed E-state index contributed by atoms with van der Waals surface area (Å²) < 4.78 is 18.6. The number of fused-ring (bicyclic) bond motifs is 1. The Morgan fingerprint density at radius 2 is 1.90 bits per heavy atom. The third-order valence-electron chi connectivity index (χ3n) is 7.64. The van der Waals surface area contributed by atoms with Crippen molar-refractivity contribution in [2.45, 2.75) is 58.3 Å². The Morgan fingerprint density at radius 3 is 2.66 bits per heavy atom. The molecule has 1 unspecified atom stereocenters. The summed E-state index contributed by atoms with van der Waals surface area (Å²) >= 11 is 3.62. The molecule has 1 saturated carbocycles. The molecule has 10 heteroatoms. The molecule has 8 nitrogen and oxygen atoms in total. The smallest absolute Gasteiger partial charge is 0.283 e. The molecule has 0 saturated heterocycles. The van der Waals surface area contributed by atoms with Gasteiger partial charge in [0.05, 0.1) is 16.3 Å². The van der Waals surface area contributed by atoms with Crippen molar-refractivity contribution in [1.82, 2.24) is 5.01 Å². The van der Waals surface area contributed by atoms with Crippen LogP contribution < -0.4 is 14.2 Å². The van der Waals surface area contributed by atoms with Gasteiger partial charge in [-0.15, -0.1) is 0 Å². The Labute approximate surface area is 259 Å². The number of para-hydroxylation sites is 1. The molecule has 0 radical (unpaired) electrons. The molecule has 0 spiro atoms. The van der Waals surface area contributed by atoms with Crippen molar-refractivity contribution in [2.75, 3.05) is 20.3 Å². The lowest BCUT2D eigenvalue weighted by molar-refractivity contribution is -0.114. The molecule has 2 aromatic carbocycles. The number of nitrogens with one attached hydrogen (secondary N) is 1. The highest BCUT2D eigenvalue weighted by Gasteiger charge is 2.38. The molecule has 0 bridgehead atoms.